The van der Waals surface area contributed by atoms with E-state index in [-0.39, 0.29) is 24.3 Å². The summed E-state index contributed by atoms with van der Waals surface area (Å²) >= 11 is 0. The second-order valence-electron chi connectivity index (χ2n) is 8.88. The Labute approximate surface area is 182 Å². The van der Waals surface area contributed by atoms with Crippen LogP contribution in [0.2, 0.25) is 0 Å². The molecule has 30 heavy (non-hydrogen) atoms. The van der Waals surface area contributed by atoms with Gasteiger partial charge in [-0.2, -0.15) is 0 Å². The summed E-state index contributed by atoms with van der Waals surface area (Å²) in [6.45, 7) is 5.73. The number of sulfonamides is 1. The minimum Gasteiger partial charge on any atom is -0.490 e. The number of hydrogen-bond acceptors (Lipinski definition) is 5. The van der Waals surface area contributed by atoms with Crippen LogP contribution in [0.4, 0.5) is 0 Å². The molecule has 1 aromatic rings. The van der Waals surface area contributed by atoms with Crippen molar-refractivity contribution in [2.45, 2.75) is 89.0 Å². The molecule has 0 radical (unpaired) electrons. The SMILES string of the molecule is CC[C@@H](C)Oc1ccccc1[C@H]1CC[C@@H](OC[C@@H]2NCCC[C@@H]2NS(C)(=O)=O)CC1. The lowest BCUT2D eigenvalue weighted by molar-refractivity contribution is 0.00505. The molecule has 3 rings (SSSR count). The van der Waals surface area contributed by atoms with E-state index in [1.807, 2.05) is 6.07 Å². The minimum absolute atomic E-state index is 0.0378. The van der Waals surface area contributed by atoms with E-state index in [4.69, 9.17) is 9.47 Å². The third kappa shape index (κ3) is 6.94. The maximum absolute atomic E-state index is 11.6. The fourth-order valence-corrected chi connectivity index (χ4v) is 5.38. The van der Waals surface area contributed by atoms with Gasteiger partial charge in [0, 0.05) is 12.1 Å². The Hall–Kier alpha value is -1.15. The van der Waals surface area contributed by atoms with Crippen LogP contribution in [-0.4, -0.2) is 52.1 Å². The molecule has 2 fully saturated rings. The van der Waals surface area contributed by atoms with E-state index < -0.39 is 10.0 Å². The van der Waals surface area contributed by atoms with E-state index in [0.717, 1.165) is 57.2 Å². The number of hydrogen-bond donors (Lipinski definition) is 2. The van der Waals surface area contributed by atoms with Crippen molar-refractivity contribution in [2.75, 3.05) is 19.4 Å². The van der Waals surface area contributed by atoms with Gasteiger partial charge in [0.15, 0.2) is 0 Å². The summed E-state index contributed by atoms with van der Waals surface area (Å²) in [4.78, 5) is 0. The van der Waals surface area contributed by atoms with Gasteiger partial charge in [0.05, 0.1) is 25.1 Å². The molecule has 1 heterocycles. The summed E-state index contributed by atoms with van der Waals surface area (Å²) in [5, 5.41) is 3.43. The summed E-state index contributed by atoms with van der Waals surface area (Å²) in [5.74, 6) is 1.54. The standard InChI is InChI=1S/C23H38N2O4S/c1-4-17(2)29-23-10-6-5-8-20(23)18-11-13-19(14-12-18)28-16-22-21(9-7-15-24-22)25-30(3,26)27/h5-6,8,10,17-19,21-22,24-25H,4,7,9,11-16H2,1-3H3/t17-,18-,19+,21+,22+/m1/s1. The molecule has 0 unspecified atom stereocenters. The van der Waals surface area contributed by atoms with Crippen molar-refractivity contribution >= 4 is 10.0 Å². The Balaban J connectivity index is 1.50. The Morgan fingerprint density at radius 1 is 1.17 bits per heavy atom. The van der Waals surface area contributed by atoms with Crippen LogP contribution >= 0.6 is 0 Å². The van der Waals surface area contributed by atoms with Crippen molar-refractivity contribution in [3.05, 3.63) is 29.8 Å². The maximum Gasteiger partial charge on any atom is 0.209 e. The smallest absolute Gasteiger partial charge is 0.209 e. The second-order valence-corrected chi connectivity index (χ2v) is 10.7. The predicted molar refractivity (Wildman–Crippen MR) is 121 cm³/mol. The van der Waals surface area contributed by atoms with Gasteiger partial charge in [-0.05, 0) is 76.0 Å². The summed E-state index contributed by atoms with van der Waals surface area (Å²) in [5.41, 5.74) is 1.32. The number of ether oxygens (including phenoxy) is 2. The van der Waals surface area contributed by atoms with Crippen molar-refractivity contribution in [3.8, 4) is 5.75 Å². The molecule has 0 bridgehead atoms. The molecule has 3 atom stereocenters. The van der Waals surface area contributed by atoms with Crippen LogP contribution in [0.3, 0.4) is 0 Å². The zero-order valence-corrected chi connectivity index (χ0v) is 19.4. The van der Waals surface area contributed by atoms with Gasteiger partial charge in [-0.25, -0.2) is 13.1 Å². The number of rotatable bonds is 9. The summed E-state index contributed by atoms with van der Waals surface area (Å²) in [6, 6.07) is 8.40. The second kappa shape index (κ2) is 10.9. The van der Waals surface area contributed by atoms with Crippen LogP contribution in [0.1, 0.15) is 70.3 Å². The largest absolute Gasteiger partial charge is 0.490 e. The number of benzene rings is 1. The molecular formula is C23H38N2O4S. The van der Waals surface area contributed by atoms with Gasteiger partial charge < -0.3 is 14.8 Å². The molecule has 0 spiro atoms. The van der Waals surface area contributed by atoms with Gasteiger partial charge in [0.25, 0.3) is 0 Å². The highest BCUT2D eigenvalue weighted by atomic mass is 32.2. The molecule has 2 N–H and O–H groups in total. The molecule has 7 heteroatoms. The molecule has 2 aliphatic rings. The lowest BCUT2D eigenvalue weighted by Gasteiger charge is -2.35. The third-order valence-corrected chi connectivity index (χ3v) is 7.13. The fourth-order valence-electron chi connectivity index (χ4n) is 4.55. The first kappa shape index (κ1) is 23.5. The van der Waals surface area contributed by atoms with E-state index in [2.05, 4.69) is 42.1 Å². The van der Waals surface area contributed by atoms with Gasteiger partial charge in [-0.1, -0.05) is 25.1 Å². The van der Waals surface area contributed by atoms with Crippen LogP contribution in [0.5, 0.6) is 5.75 Å². The molecule has 1 saturated heterocycles. The Morgan fingerprint density at radius 3 is 2.60 bits per heavy atom. The van der Waals surface area contributed by atoms with Gasteiger partial charge >= 0.3 is 0 Å². The average Bonchev–Trinajstić information content (AvgIpc) is 2.73. The minimum atomic E-state index is -3.21. The monoisotopic (exact) mass is 438 g/mol. The van der Waals surface area contributed by atoms with Crippen molar-refractivity contribution in [1.29, 1.82) is 0 Å². The van der Waals surface area contributed by atoms with Gasteiger partial charge in [0.2, 0.25) is 10.0 Å². The first-order valence-corrected chi connectivity index (χ1v) is 13.3. The molecule has 1 aromatic carbocycles. The zero-order chi connectivity index (χ0) is 21.6. The highest BCUT2D eigenvalue weighted by molar-refractivity contribution is 7.88. The van der Waals surface area contributed by atoms with Crippen molar-refractivity contribution < 1.29 is 17.9 Å². The average molecular weight is 439 g/mol. The lowest BCUT2D eigenvalue weighted by Crippen LogP contribution is -2.55. The lowest BCUT2D eigenvalue weighted by atomic mass is 9.82. The molecular weight excluding hydrogens is 400 g/mol. The van der Waals surface area contributed by atoms with Gasteiger partial charge in [-0.3, -0.25) is 0 Å². The van der Waals surface area contributed by atoms with E-state index in [1.54, 1.807) is 0 Å². The number of nitrogens with one attached hydrogen (secondary N) is 2. The molecule has 170 valence electrons. The maximum atomic E-state index is 11.6. The van der Waals surface area contributed by atoms with Gasteiger partial charge in [0.1, 0.15) is 5.75 Å². The van der Waals surface area contributed by atoms with Crippen LogP contribution in [0.25, 0.3) is 0 Å². The van der Waals surface area contributed by atoms with E-state index in [9.17, 15) is 8.42 Å². The normalized spacial score (nSPS) is 28.8. The number of para-hydroxylation sites is 1. The topological polar surface area (TPSA) is 76.7 Å². The van der Waals surface area contributed by atoms with Crippen molar-refractivity contribution in [3.63, 3.8) is 0 Å². The van der Waals surface area contributed by atoms with Crippen LogP contribution in [0, 0.1) is 0 Å². The summed E-state index contributed by atoms with van der Waals surface area (Å²) in [6.07, 6.45) is 8.76. The highest BCUT2D eigenvalue weighted by Crippen LogP contribution is 2.38. The van der Waals surface area contributed by atoms with Crippen LogP contribution < -0.4 is 14.8 Å². The molecule has 1 saturated carbocycles. The van der Waals surface area contributed by atoms with Crippen LogP contribution in [0.15, 0.2) is 24.3 Å². The first-order valence-electron chi connectivity index (χ1n) is 11.4. The van der Waals surface area contributed by atoms with Crippen molar-refractivity contribution in [1.82, 2.24) is 10.0 Å². The summed E-state index contributed by atoms with van der Waals surface area (Å²) < 4.78 is 38.5. The van der Waals surface area contributed by atoms with Gasteiger partial charge in [-0.15, -0.1) is 0 Å². The Morgan fingerprint density at radius 2 is 1.90 bits per heavy atom. The molecule has 1 aliphatic heterocycles. The van der Waals surface area contributed by atoms with E-state index in [1.165, 1.54) is 11.8 Å². The zero-order valence-electron chi connectivity index (χ0n) is 18.6. The summed E-state index contributed by atoms with van der Waals surface area (Å²) in [7, 11) is -3.21. The molecule has 6 nitrogen and oxygen atoms in total. The first-order chi connectivity index (χ1) is 14.4. The Kier molecular flexibility index (Phi) is 8.57. The van der Waals surface area contributed by atoms with E-state index in [0.29, 0.717) is 12.5 Å². The van der Waals surface area contributed by atoms with E-state index >= 15 is 0 Å². The molecule has 1 aliphatic carbocycles. The fraction of sp³-hybridized carbons (Fsp3) is 0.739. The number of piperidine rings is 1. The predicted octanol–water partition coefficient (Wildman–Crippen LogP) is 3.58. The quantitative estimate of drug-likeness (QED) is 0.616. The molecule has 0 amide bonds. The third-order valence-electron chi connectivity index (χ3n) is 6.40. The van der Waals surface area contributed by atoms with Crippen LogP contribution in [-0.2, 0) is 14.8 Å². The van der Waals surface area contributed by atoms with Crippen molar-refractivity contribution in [2.24, 2.45) is 0 Å². The highest BCUT2D eigenvalue weighted by Gasteiger charge is 2.30. The Bertz CT molecular complexity index is 762. The molecule has 0 aromatic heterocycles.